The topological polar surface area (TPSA) is 98.0 Å². The second kappa shape index (κ2) is 13.3. The van der Waals surface area contributed by atoms with Crippen molar-refractivity contribution in [2.45, 2.75) is 78.3 Å². The number of fused-ring (bicyclic) bond motifs is 2. The van der Waals surface area contributed by atoms with Crippen LogP contribution in [0.1, 0.15) is 77.8 Å². The fourth-order valence-electron chi connectivity index (χ4n) is 8.06. The van der Waals surface area contributed by atoms with Crippen molar-refractivity contribution >= 4 is 23.2 Å². The highest BCUT2D eigenvalue weighted by atomic mass is 16.5. The lowest BCUT2D eigenvalue weighted by molar-refractivity contribution is -0.124. The van der Waals surface area contributed by atoms with E-state index in [4.69, 9.17) is 4.74 Å². The second-order valence-electron chi connectivity index (χ2n) is 13.5. The van der Waals surface area contributed by atoms with E-state index in [0.29, 0.717) is 17.2 Å². The Morgan fingerprint density at radius 3 is 2.40 bits per heavy atom. The van der Waals surface area contributed by atoms with Crippen LogP contribution in [0.15, 0.2) is 41.2 Å². The summed E-state index contributed by atoms with van der Waals surface area (Å²) in [5, 5.41) is 3.05. The molecule has 3 aromatic rings. The number of H-pyrrole nitrogens is 1. The largest absolute Gasteiger partial charge is 0.381 e. The quantitative estimate of drug-likeness (QED) is 0.350. The Balaban J connectivity index is 1.40. The highest BCUT2D eigenvalue weighted by molar-refractivity contribution is 6.08. The molecule has 2 N–H and O–H groups in total. The number of carbonyl (C=O) groups excluding carboxylic acids is 2. The van der Waals surface area contributed by atoms with Crippen LogP contribution < -0.4 is 20.7 Å². The number of aromatic amines is 1. The predicted molar refractivity (Wildman–Crippen MR) is 188 cm³/mol. The van der Waals surface area contributed by atoms with Crippen LogP contribution >= 0.6 is 0 Å². The van der Waals surface area contributed by atoms with Gasteiger partial charge in [0.2, 0.25) is 5.91 Å². The van der Waals surface area contributed by atoms with Gasteiger partial charge in [-0.25, -0.2) is 0 Å². The molecule has 4 heterocycles. The van der Waals surface area contributed by atoms with Crippen LogP contribution in [0.3, 0.4) is 0 Å². The van der Waals surface area contributed by atoms with Crippen LogP contribution in [0.5, 0.6) is 0 Å². The number of amides is 2. The number of carbonyl (C=O) groups is 2. The van der Waals surface area contributed by atoms with Crippen LogP contribution in [0.25, 0.3) is 11.1 Å². The molecular weight excluding hydrogens is 590 g/mol. The first-order valence-electron chi connectivity index (χ1n) is 17.2. The Bertz CT molecular complexity index is 1730. The van der Waals surface area contributed by atoms with E-state index >= 15 is 0 Å². The van der Waals surface area contributed by atoms with Gasteiger partial charge in [-0.2, -0.15) is 0 Å². The molecule has 3 aliphatic heterocycles. The highest BCUT2D eigenvalue weighted by Gasteiger charge is 2.50. The highest BCUT2D eigenvalue weighted by Crippen LogP contribution is 2.49. The summed E-state index contributed by atoms with van der Waals surface area (Å²) in [5.41, 5.74) is 8.04. The zero-order valence-corrected chi connectivity index (χ0v) is 28.8. The molecule has 250 valence electrons. The van der Waals surface area contributed by atoms with Crippen LogP contribution in [0.2, 0.25) is 0 Å². The molecule has 9 nitrogen and oxygen atoms in total. The van der Waals surface area contributed by atoms with Crippen molar-refractivity contribution in [2.75, 3.05) is 56.2 Å². The monoisotopic (exact) mass is 639 g/mol. The van der Waals surface area contributed by atoms with Gasteiger partial charge in [0.05, 0.1) is 5.41 Å². The van der Waals surface area contributed by atoms with Crippen molar-refractivity contribution in [2.24, 2.45) is 0 Å². The van der Waals surface area contributed by atoms with E-state index in [1.165, 1.54) is 0 Å². The van der Waals surface area contributed by atoms with Gasteiger partial charge in [0.15, 0.2) is 0 Å². The fraction of sp³-hybridized carbons (Fsp3) is 0.500. The van der Waals surface area contributed by atoms with Crippen molar-refractivity contribution in [1.82, 2.24) is 15.2 Å². The lowest BCUT2D eigenvalue weighted by Crippen LogP contribution is -2.47. The van der Waals surface area contributed by atoms with Crippen LogP contribution in [0.4, 0.5) is 11.4 Å². The molecule has 2 aromatic carbocycles. The summed E-state index contributed by atoms with van der Waals surface area (Å²) < 4.78 is 5.68. The molecule has 2 amide bonds. The molecule has 1 aromatic heterocycles. The molecule has 1 spiro atoms. The molecule has 0 atom stereocenters. The Labute approximate surface area is 278 Å². The van der Waals surface area contributed by atoms with Gasteiger partial charge in [-0.3, -0.25) is 14.4 Å². The van der Waals surface area contributed by atoms with Crippen molar-refractivity contribution < 1.29 is 14.3 Å². The van der Waals surface area contributed by atoms with Crippen LogP contribution in [0, 0.1) is 20.8 Å². The number of likely N-dealkylation sites (tertiary alicyclic amines) is 1. The minimum Gasteiger partial charge on any atom is -0.381 e. The van der Waals surface area contributed by atoms with Gasteiger partial charge in [0.25, 0.3) is 11.5 Å². The normalized spacial score (nSPS) is 18.1. The summed E-state index contributed by atoms with van der Waals surface area (Å²) in [6.07, 6.45) is 3.51. The SMILES string of the molecule is CCN1CCC2(CC1)C(=O)N(C)c1cc(-c3cc(C(=O)NCc4c(C)cc(C)[nH]c4=O)c(C)c(N(CC)C4CCOCC4)c3)ccc12. The molecule has 47 heavy (non-hydrogen) atoms. The number of ether oxygens (including phenoxy) is 1. The van der Waals surface area contributed by atoms with Crippen molar-refractivity contribution in [3.63, 3.8) is 0 Å². The number of nitrogens with zero attached hydrogens (tertiary/aromatic N) is 3. The number of aromatic nitrogens is 1. The fourth-order valence-corrected chi connectivity index (χ4v) is 8.06. The van der Waals surface area contributed by atoms with Crippen molar-refractivity contribution in [1.29, 1.82) is 0 Å². The van der Waals surface area contributed by atoms with E-state index in [9.17, 15) is 14.4 Å². The molecular formula is C38H49N5O4. The summed E-state index contributed by atoms with van der Waals surface area (Å²) >= 11 is 0. The van der Waals surface area contributed by atoms with Gasteiger partial charge in [0.1, 0.15) is 0 Å². The van der Waals surface area contributed by atoms with Crippen molar-refractivity contribution in [3.05, 3.63) is 80.3 Å². The summed E-state index contributed by atoms with van der Waals surface area (Å²) in [6, 6.07) is 12.8. The zero-order valence-electron chi connectivity index (χ0n) is 28.8. The zero-order chi connectivity index (χ0) is 33.5. The molecule has 0 bridgehead atoms. The van der Waals surface area contributed by atoms with E-state index in [1.807, 2.05) is 44.9 Å². The maximum Gasteiger partial charge on any atom is 0.253 e. The number of nitrogens with one attached hydrogen (secondary N) is 2. The average Bonchev–Trinajstić information content (AvgIpc) is 3.27. The number of pyridine rings is 1. The number of aryl methyl sites for hydroxylation is 2. The second-order valence-corrected chi connectivity index (χ2v) is 13.5. The summed E-state index contributed by atoms with van der Waals surface area (Å²) in [4.78, 5) is 50.0. The van der Waals surface area contributed by atoms with Crippen molar-refractivity contribution in [3.8, 4) is 11.1 Å². The minimum atomic E-state index is -0.466. The third-order valence-electron chi connectivity index (χ3n) is 10.9. The van der Waals surface area contributed by atoms with Gasteiger partial charge in [-0.15, -0.1) is 0 Å². The Morgan fingerprint density at radius 1 is 1.02 bits per heavy atom. The first-order valence-corrected chi connectivity index (χ1v) is 17.2. The molecule has 0 unspecified atom stereocenters. The third-order valence-corrected chi connectivity index (χ3v) is 10.9. The first kappa shape index (κ1) is 33.0. The number of benzene rings is 2. The van der Waals surface area contributed by atoms with Crippen LogP contribution in [-0.4, -0.2) is 74.2 Å². The molecule has 9 heteroatoms. The number of rotatable bonds is 8. The number of piperidine rings is 1. The lowest BCUT2D eigenvalue weighted by Gasteiger charge is -2.38. The third kappa shape index (κ3) is 6.00. The van der Waals surface area contributed by atoms with E-state index in [0.717, 1.165) is 110 Å². The van der Waals surface area contributed by atoms with E-state index < -0.39 is 5.41 Å². The van der Waals surface area contributed by atoms with Crippen LogP contribution in [-0.2, 0) is 21.5 Å². The summed E-state index contributed by atoms with van der Waals surface area (Å²) in [6.45, 7) is 15.3. The number of likely N-dealkylation sites (N-methyl/N-ethyl adjacent to an activating group) is 1. The standard InChI is InChI=1S/C38H49N5O4/c1-7-42-15-13-38(14-16-42)32-10-9-27(21-34(32)41(6)37(38)46)28-20-30(35(44)39-23-31-24(3)19-25(4)40-36(31)45)26(5)33(22-28)43(8-2)29-11-17-47-18-12-29/h9-10,19-22,29H,7-8,11-18,23H2,1-6H3,(H,39,44)(H,40,45). The summed E-state index contributed by atoms with van der Waals surface area (Å²) in [5.74, 6) is -0.0359. The van der Waals surface area contributed by atoms with Gasteiger partial charge in [-0.05, 0) is 125 Å². The number of hydrogen-bond donors (Lipinski definition) is 2. The maximum absolute atomic E-state index is 14.0. The molecule has 2 fully saturated rings. The molecule has 6 rings (SSSR count). The number of hydrogen-bond acceptors (Lipinski definition) is 6. The molecule has 2 saturated heterocycles. The molecule has 0 radical (unpaired) electrons. The first-order chi connectivity index (χ1) is 22.6. The Kier molecular flexibility index (Phi) is 9.31. The predicted octanol–water partition coefficient (Wildman–Crippen LogP) is 5.23. The maximum atomic E-state index is 14.0. The van der Waals surface area contributed by atoms with E-state index in [-0.39, 0.29) is 23.9 Å². The van der Waals surface area contributed by atoms with Gasteiger partial charge < -0.3 is 29.7 Å². The minimum absolute atomic E-state index is 0.139. The van der Waals surface area contributed by atoms with Gasteiger partial charge >= 0.3 is 0 Å². The van der Waals surface area contributed by atoms with Gasteiger partial charge in [-0.1, -0.05) is 19.1 Å². The Morgan fingerprint density at radius 2 is 1.74 bits per heavy atom. The lowest BCUT2D eigenvalue weighted by atomic mass is 9.73. The Hall–Kier alpha value is -3.95. The van der Waals surface area contributed by atoms with E-state index in [2.05, 4.69) is 58.2 Å². The average molecular weight is 640 g/mol. The summed E-state index contributed by atoms with van der Waals surface area (Å²) in [7, 11) is 1.89. The number of anilines is 2. The van der Waals surface area contributed by atoms with Gasteiger partial charge in [0, 0.05) is 67.6 Å². The molecule has 3 aliphatic rings. The smallest absolute Gasteiger partial charge is 0.253 e. The molecule has 0 aliphatic carbocycles. The van der Waals surface area contributed by atoms with E-state index in [1.54, 1.807) is 0 Å². The molecule has 0 saturated carbocycles.